The fourth-order valence-corrected chi connectivity index (χ4v) is 2.76. The normalized spacial score (nSPS) is 16.1. The first kappa shape index (κ1) is 20.1. The van der Waals surface area contributed by atoms with E-state index in [1.165, 1.54) is 36.9 Å². The van der Waals surface area contributed by atoms with Crippen LogP contribution < -0.4 is 25.2 Å². The quantitative estimate of drug-likeness (QED) is 0.758. The number of hydrogen-bond acceptors (Lipinski definition) is 5. The molecule has 3 rings (SSSR count). The van der Waals surface area contributed by atoms with Crippen LogP contribution in [0, 0.1) is 5.82 Å². The number of hydrogen-bond donors (Lipinski definition) is 2. The highest BCUT2D eigenvalue weighted by molar-refractivity contribution is 5.96. The van der Waals surface area contributed by atoms with E-state index in [0.29, 0.717) is 11.4 Å². The number of fused-ring (bicyclic) bond motifs is 1. The van der Waals surface area contributed by atoms with E-state index in [4.69, 9.17) is 9.47 Å². The van der Waals surface area contributed by atoms with Crippen molar-refractivity contribution in [1.29, 1.82) is 0 Å². The molecule has 0 fully saturated rings. The molecule has 0 aromatic heterocycles. The van der Waals surface area contributed by atoms with Gasteiger partial charge in [0.2, 0.25) is 5.91 Å². The Hall–Kier alpha value is -3.62. The number of nitrogens with zero attached hydrogens (tertiary/aromatic N) is 1. The molecule has 2 N–H and O–H groups in total. The summed E-state index contributed by atoms with van der Waals surface area (Å²) in [6.07, 6.45) is -2.08. The standard InChI is InChI=1S/C20H20FN3O5/c1-12(28-16-9-5-3-7-14(16)21)19(26)22-23-20(27)18-11-24(13(2)25)15-8-4-6-10-17(15)29-18/h3-10,12,18H,11H2,1-2H3,(H,22,26)(H,23,27). The fraction of sp³-hybridized carbons (Fsp3) is 0.250. The average molecular weight is 401 g/mol. The molecule has 1 aliphatic rings. The van der Waals surface area contributed by atoms with E-state index in [1.807, 2.05) is 0 Å². The molecule has 1 aliphatic heterocycles. The third-order valence-corrected chi connectivity index (χ3v) is 4.26. The Labute approximate surface area is 166 Å². The van der Waals surface area contributed by atoms with Crippen LogP contribution in [0.15, 0.2) is 48.5 Å². The van der Waals surface area contributed by atoms with Crippen molar-refractivity contribution < 1.29 is 28.2 Å². The number of carbonyl (C=O) groups is 3. The molecule has 0 bridgehead atoms. The number of amides is 3. The monoisotopic (exact) mass is 401 g/mol. The topological polar surface area (TPSA) is 97.0 Å². The van der Waals surface area contributed by atoms with Gasteiger partial charge in [0, 0.05) is 6.92 Å². The lowest BCUT2D eigenvalue weighted by Gasteiger charge is -2.33. The van der Waals surface area contributed by atoms with Crippen molar-refractivity contribution >= 4 is 23.4 Å². The van der Waals surface area contributed by atoms with Crippen molar-refractivity contribution in [2.45, 2.75) is 26.1 Å². The third kappa shape index (κ3) is 4.63. The van der Waals surface area contributed by atoms with E-state index in [9.17, 15) is 18.8 Å². The van der Waals surface area contributed by atoms with Crippen molar-refractivity contribution in [2.24, 2.45) is 0 Å². The maximum absolute atomic E-state index is 13.6. The molecule has 29 heavy (non-hydrogen) atoms. The van der Waals surface area contributed by atoms with Gasteiger partial charge < -0.3 is 14.4 Å². The highest BCUT2D eigenvalue weighted by atomic mass is 19.1. The van der Waals surface area contributed by atoms with Gasteiger partial charge in [-0.05, 0) is 31.2 Å². The van der Waals surface area contributed by atoms with Gasteiger partial charge in [0.15, 0.2) is 23.8 Å². The van der Waals surface area contributed by atoms with Crippen LogP contribution >= 0.6 is 0 Å². The van der Waals surface area contributed by atoms with E-state index in [-0.39, 0.29) is 18.2 Å². The lowest BCUT2D eigenvalue weighted by Crippen LogP contribution is -2.55. The van der Waals surface area contributed by atoms with Gasteiger partial charge in [0.05, 0.1) is 12.2 Å². The Balaban J connectivity index is 1.58. The summed E-state index contributed by atoms with van der Waals surface area (Å²) in [5.41, 5.74) is 5.04. The van der Waals surface area contributed by atoms with Gasteiger partial charge >= 0.3 is 0 Å². The highest BCUT2D eigenvalue weighted by Gasteiger charge is 2.33. The summed E-state index contributed by atoms with van der Waals surface area (Å²) in [5.74, 6) is -1.86. The molecule has 2 unspecified atom stereocenters. The number of rotatable bonds is 4. The predicted octanol–water partition coefficient (Wildman–Crippen LogP) is 1.55. The molecule has 0 saturated heterocycles. The van der Waals surface area contributed by atoms with Crippen LogP contribution in [0.4, 0.5) is 10.1 Å². The summed E-state index contributed by atoms with van der Waals surface area (Å²) in [6, 6.07) is 12.5. The molecule has 152 valence electrons. The van der Waals surface area contributed by atoms with Crippen molar-refractivity contribution in [3.8, 4) is 11.5 Å². The number of hydrazine groups is 1. The number of benzene rings is 2. The van der Waals surface area contributed by atoms with Crippen LogP contribution in [0.1, 0.15) is 13.8 Å². The SMILES string of the molecule is CC(=O)N1CC(C(=O)NNC(=O)C(C)Oc2ccccc2F)Oc2ccccc21. The van der Waals surface area contributed by atoms with Crippen molar-refractivity contribution in [3.05, 3.63) is 54.3 Å². The van der Waals surface area contributed by atoms with Gasteiger partial charge in [0.25, 0.3) is 11.8 Å². The van der Waals surface area contributed by atoms with Crippen molar-refractivity contribution in [2.75, 3.05) is 11.4 Å². The molecule has 1 heterocycles. The van der Waals surface area contributed by atoms with Crippen LogP contribution in [-0.4, -0.2) is 36.5 Å². The van der Waals surface area contributed by atoms with Gasteiger partial charge in [-0.3, -0.25) is 25.2 Å². The van der Waals surface area contributed by atoms with Crippen LogP contribution in [0.3, 0.4) is 0 Å². The van der Waals surface area contributed by atoms with Crippen LogP contribution in [0.5, 0.6) is 11.5 Å². The molecule has 2 atom stereocenters. The smallest absolute Gasteiger partial charge is 0.281 e. The van der Waals surface area contributed by atoms with Crippen LogP contribution in [-0.2, 0) is 14.4 Å². The van der Waals surface area contributed by atoms with E-state index in [0.717, 1.165) is 0 Å². The minimum absolute atomic E-state index is 0.00463. The zero-order valence-electron chi connectivity index (χ0n) is 15.8. The highest BCUT2D eigenvalue weighted by Crippen LogP contribution is 2.33. The maximum atomic E-state index is 13.6. The molecule has 9 heteroatoms. The molecule has 3 amide bonds. The molecular formula is C20H20FN3O5. The van der Waals surface area contributed by atoms with Gasteiger partial charge in [-0.15, -0.1) is 0 Å². The number of halogens is 1. The lowest BCUT2D eigenvalue weighted by atomic mass is 10.2. The molecular weight excluding hydrogens is 381 g/mol. The molecule has 2 aromatic carbocycles. The van der Waals surface area contributed by atoms with Crippen molar-refractivity contribution in [1.82, 2.24) is 10.9 Å². The summed E-state index contributed by atoms with van der Waals surface area (Å²) >= 11 is 0. The predicted molar refractivity (Wildman–Crippen MR) is 102 cm³/mol. The zero-order valence-corrected chi connectivity index (χ0v) is 15.8. The maximum Gasteiger partial charge on any atom is 0.281 e. The molecule has 0 radical (unpaired) electrons. The Kier molecular flexibility index (Phi) is 5.96. The van der Waals surface area contributed by atoms with E-state index >= 15 is 0 Å². The second kappa shape index (κ2) is 8.59. The second-order valence-electron chi connectivity index (χ2n) is 6.37. The molecule has 0 aliphatic carbocycles. The van der Waals surface area contributed by atoms with Gasteiger partial charge in [-0.1, -0.05) is 24.3 Å². The number of nitrogens with one attached hydrogen (secondary N) is 2. The summed E-state index contributed by atoms with van der Waals surface area (Å²) in [6.45, 7) is 2.80. The molecule has 0 spiro atoms. The molecule has 2 aromatic rings. The number of ether oxygens (including phenoxy) is 2. The second-order valence-corrected chi connectivity index (χ2v) is 6.37. The Morgan fingerprint density at radius 1 is 1.14 bits per heavy atom. The Bertz CT molecular complexity index is 936. The van der Waals surface area contributed by atoms with Gasteiger partial charge in [0.1, 0.15) is 5.75 Å². The van der Waals surface area contributed by atoms with Crippen LogP contribution in [0.25, 0.3) is 0 Å². The summed E-state index contributed by atoms with van der Waals surface area (Å²) in [7, 11) is 0. The van der Waals surface area contributed by atoms with Crippen LogP contribution in [0.2, 0.25) is 0 Å². The summed E-state index contributed by atoms with van der Waals surface area (Å²) in [5, 5.41) is 0. The largest absolute Gasteiger partial charge is 0.478 e. The van der Waals surface area contributed by atoms with Gasteiger partial charge in [-0.25, -0.2) is 4.39 Å². The lowest BCUT2D eigenvalue weighted by molar-refractivity contribution is -0.136. The summed E-state index contributed by atoms with van der Waals surface area (Å²) in [4.78, 5) is 37.9. The molecule has 8 nitrogen and oxygen atoms in total. The third-order valence-electron chi connectivity index (χ3n) is 4.26. The average Bonchev–Trinajstić information content (AvgIpc) is 2.72. The molecule has 0 saturated carbocycles. The number of carbonyl (C=O) groups excluding carboxylic acids is 3. The minimum atomic E-state index is -1.06. The minimum Gasteiger partial charge on any atom is -0.478 e. The zero-order chi connectivity index (χ0) is 21.0. The van der Waals surface area contributed by atoms with E-state index in [1.54, 1.807) is 30.3 Å². The Morgan fingerprint density at radius 2 is 1.83 bits per heavy atom. The van der Waals surface area contributed by atoms with Crippen molar-refractivity contribution in [3.63, 3.8) is 0 Å². The first-order valence-electron chi connectivity index (χ1n) is 8.91. The first-order chi connectivity index (χ1) is 13.9. The number of para-hydroxylation sites is 3. The fourth-order valence-electron chi connectivity index (χ4n) is 2.76. The summed E-state index contributed by atoms with van der Waals surface area (Å²) < 4.78 is 24.5. The van der Waals surface area contributed by atoms with Gasteiger partial charge in [-0.2, -0.15) is 0 Å². The van der Waals surface area contributed by atoms with E-state index in [2.05, 4.69) is 10.9 Å². The Morgan fingerprint density at radius 3 is 2.55 bits per heavy atom. The first-order valence-corrected chi connectivity index (χ1v) is 8.91. The number of anilines is 1. The van der Waals surface area contributed by atoms with E-state index < -0.39 is 29.8 Å².